The molecule has 4 heteroatoms. The number of para-hydroxylation sites is 1. The van der Waals surface area contributed by atoms with Gasteiger partial charge in [0.25, 0.3) is 0 Å². The van der Waals surface area contributed by atoms with Gasteiger partial charge in [-0.25, -0.2) is 4.98 Å². The van der Waals surface area contributed by atoms with Crippen molar-refractivity contribution in [3.8, 4) is 17.0 Å². The molecule has 2 rings (SSSR count). The van der Waals surface area contributed by atoms with Crippen LogP contribution in [0.5, 0.6) is 5.75 Å². The largest absolute Gasteiger partial charge is 0.493 e. The molecule has 2 aromatic rings. The number of aromatic amines is 1. The maximum Gasteiger partial charge on any atom is 0.128 e. The Morgan fingerprint density at radius 1 is 1.26 bits per heavy atom. The minimum absolute atomic E-state index is 0.663. The molecule has 1 aromatic heterocycles. The third-order valence-corrected chi connectivity index (χ3v) is 2.82. The lowest BCUT2D eigenvalue weighted by Crippen LogP contribution is -2.14. The zero-order chi connectivity index (χ0) is 13.5. The van der Waals surface area contributed by atoms with E-state index in [1.54, 1.807) is 0 Å². The number of hydrogen-bond donors (Lipinski definition) is 2. The number of nitrogens with one attached hydrogen (secondary N) is 2. The summed E-state index contributed by atoms with van der Waals surface area (Å²) in [5.74, 6) is 1.84. The molecule has 0 saturated carbocycles. The topological polar surface area (TPSA) is 49.9 Å². The second-order valence-corrected chi connectivity index (χ2v) is 4.35. The van der Waals surface area contributed by atoms with Crippen LogP contribution in [0, 0.1) is 0 Å². The predicted octanol–water partition coefficient (Wildman–Crippen LogP) is 2.98. The molecule has 0 aliphatic heterocycles. The maximum atomic E-state index is 5.64. The summed E-state index contributed by atoms with van der Waals surface area (Å²) >= 11 is 0. The average molecular weight is 259 g/mol. The third kappa shape index (κ3) is 3.58. The Balaban J connectivity index is 2.13. The smallest absolute Gasteiger partial charge is 0.128 e. The van der Waals surface area contributed by atoms with Gasteiger partial charge in [0.15, 0.2) is 0 Å². The summed E-state index contributed by atoms with van der Waals surface area (Å²) in [6.45, 7) is 6.58. The van der Waals surface area contributed by atoms with Crippen molar-refractivity contribution in [1.29, 1.82) is 0 Å². The van der Waals surface area contributed by atoms with Crippen molar-refractivity contribution >= 4 is 0 Å². The number of aromatic nitrogens is 2. The molecule has 19 heavy (non-hydrogen) atoms. The van der Waals surface area contributed by atoms with Crippen LogP contribution in [0.4, 0.5) is 0 Å². The number of hydrogen-bond acceptors (Lipinski definition) is 3. The van der Waals surface area contributed by atoms with E-state index in [1.807, 2.05) is 37.4 Å². The highest BCUT2D eigenvalue weighted by molar-refractivity contribution is 5.66. The lowest BCUT2D eigenvalue weighted by Gasteiger charge is -2.08. The Bertz CT molecular complexity index is 508. The minimum Gasteiger partial charge on any atom is -0.493 e. The van der Waals surface area contributed by atoms with Crippen molar-refractivity contribution in [2.24, 2.45) is 0 Å². The van der Waals surface area contributed by atoms with E-state index in [-0.39, 0.29) is 0 Å². The number of ether oxygens (including phenoxy) is 1. The van der Waals surface area contributed by atoms with Gasteiger partial charge in [0, 0.05) is 5.56 Å². The van der Waals surface area contributed by atoms with Crippen LogP contribution in [0.1, 0.15) is 26.1 Å². The van der Waals surface area contributed by atoms with Crippen LogP contribution in [0.2, 0.25) is 0 Å². The Morgan fingerprint density at radius 2 is 2.11 bits per heavy atom. The molecule has 0 radical (unpaired) electrons. The van der Waals surface area contributed by atoms with E-state index in [1.165, 1.54) is 0 Å². The monoisotopic (exact) mass is 259 g/mol. The van der Waals surface area contributed by atoms with E-state index in [4.69, 9.17) is 4.74 Å². The summed E-state index contributed by atoms with van der Waals surface area (Å²) in [6, 6.07) is 8.01. The molecule has 2 N–H and O–H groups in total. The fraction of sp³-hybridized carbons (Fsp3) is 0.400. The Morgan fingerprint density at radius 3 is 2.89 bits per heavy atom. The zero-order valence-electron chi connectivity index (χ0n) is 11.6. The highest BCUT2D eigenvalue weighted by atomic mass is 16.5. The van der Waals surface area contributed by atoms with Gasteiger partial charge in [-0.1, -0.05) is 19.1 Å². The predicted molar refractivity (Wildman–Crippen MR) is 77.2 cm³/mol. The molecule has 0 spiro atoms. The molecule has 4 nitrogen and oxygen atoms in total. The van der Waals surface area contributed by atoms with Crippen LogP contribution in [-0.4, -0.2) is 23.1 Å². The van der Waals surface area contributed by atoms with Gasteiger partial charge in [-0.3, -0.25) is 0 Å². The van der Waals surface area contributed by atoms with E-state index in [0.29, 0.717) is 6.61 Å². The van der Waals surface area contributed by atoms with Crippen molar-refractivity contribution in [3.63, 3.8) is 0 Å². The van der Waals surface area contributed by atoms with Gasteiger partial charge in [0.2, 0.25) is 0 Å². The van der Waals surface area contributed by atoms with Crippen LogP contribution in [0.15, 0.2) is 30.5 Å². The number of rotatable bonds is 7. The fourth-order valence-corrected chi connectivity index (χ4v) is 1.94. The van der Waals surface area contributed by atoms with Crippen molar-refractivity contribution in [1.82, 2.24) is 15.3 Å². The van der Waals surface area contributed by atoms with Crippen molar-refractivity contribution in [3.05, 3.63) is 36.3 Å². The van der Waals surface area contributed by atoms with Crippen LogP contribution in [-0.2, 0) is 6.54 Å². The first-order chi connectivity index (χ1) is 9.35. The first-order valence-corrected chi connectivity index (χ1v) is 6.82. The number of benzene rings is 1. The van der Waals surface area contributed by atoms with Crippen LogP contribution < -0.4 is 10.1 Å². The van der Waals surface area contributed by atoms with E-state index >= 15 is 0 Å². The highest BCUT2D eigenvalue weighted by Gasteiger charge is 2.08. The third-order valence-electron chi connectivity index (χ3n) is 2.82. The molecule has 0 bridgehead atoms. The van der Waals surface area contributed by atoms with Gasteiger partial charge in [0.05, 0.1) is 25.0 Å². The second-order valence-electron chi connectivity index (χ2n) is 4.35. The molecule has 0 fully saturated rings. The maximum absolute atomic E-state index is 5.64. The van der Waals surface area contributed by atoms with Gasteiger partial charge in [0.1, 0.15) is 11.6 Å². The quantitative estimate of drug-likeness (QED) is 0.752. The molecule has 0 atom stereocenters. The molecule has 0 aliphatic rings. The van der Waals surface area contributed by atoms with Crippen LogP contribution >= 0.6 is 0 Å². The fourth-order valence-electron chi connectivity index (χ4n) is 1.94. The number of H-pyrrole nitrogens is 1. The van der Waals surface area contributed by atoms with Gasteiger partial charge < -0.3 is 15.0 Å². The van der Waals surface area contributed by atoms with E-state index < -0.39 is 0 Å². The molecular weight excluding hydrogens is 238 g/mol. The zero-order valence-corrected chi connectivity index (χ0v) is 11.6. The molecule has 1 aromatic carbocycles. The summed E-state index contributed by atoms with van der Waals surface area (Å²) in [5.41, 5.74) is 2.05. The second kappa shape index (κ2) is 6.95. The molecule has 1 heterocycles. The van der Waals surface area contributed by atoms with Gasteiger partial charge >= 0.3 is 0 Å². The van der Waals surface area contributed by atoms with Crippen molar-refractivity contribution in [2.45, 2.75) is 26.8 Å². The first kappa shape index (κ1) is 13.6. The van der Waals surface area contributed by atoms with Gasteiger partial charge in [-0.05, 0) is 32.0 Å². The standard InChI is InChI=1S/C15H21N3O/c1-3-9-16-11-15-17-10-13(18-15)12-7-5-6-8-14(12)19-4-2/h5-8,10,16H,3-4,9,11H2,1-2H3,(H,17,18). The van der Waals surface area contributed by atoms with Gasteiger partial charge in [-0.2, -0.15) is 0 Å². The molecule has 0 amide bonds. The van der Waals surface area contributed by atoms with E-state index in [2.05, 4.69) is 22.2 Å². The van der Waals surface area contributed by atoms with E-state index in [9.17, 15) is 0 Å². The first-order valence-electron chi connectivity index (χ1n) is 6.82. The Hall–Kier alpha value is -1.81. The molecule has 0 unspecified atom stereocenters. The lowest BCUT2D eigenvalue weighted by molar-refractivity contribution is 0.341. The summed E-state index contributed by atoms with van der Waals surface area (Å²) in [6.07, 6.45) is 2.99. The van der Waals surface area contributed by atoms with Crippen LogP contribution in [0.25, 0.3) is 11.3 Å². The molecule has 0 saturated heterocycles. The average Bonchev–Trinajstić information content (AvgIpc) is 2.89. The van der Waals surface area contributed by atoms with Crippen molar-refractivity contribution < 1.29 is 4.74 Å². The summed E-state index contributed by atoms with van der Waals surface area (Å²) in [5, 5.41) is 3.33. The molecular formula is C15H21N3O. The Labute approximate surface area is 114 Å². The SMILES string of the molecule is CCCNCc1ncc(-c2ccccc2OCC)[nH]1. The molecule has 102 valence electrons. The van der Waals surface area contributed by atoms with E-state index in [0.717, 1.165) is 42.3 Å². The van der Waals surface area contributed by atoms with Crippen LogP contribution in [0.3, 0.4) is 0 Å². The Kier molecular flexibility index (Phi) is 4.98. The lowest BCUT2D eigenvalue weighted by atomic mass is 10.1. The van der Waals surface area contributed by atoms with Crippen molar-refractivity contribution in [2.75, 3.05) is 13.2 Å². The summed E-state index contributed by atoms with van der Waals surface area (Å²) in [7, 11) is 0. The number of nitrogens with zero attached hydrogens (tertiary/aromatic N) is 1. The van der Waals surface area contributed by atoms with Gasteiger partial charge in [-0.15, -0.1) is 0 Å². The summed E-state index contributed by atoms with van der Waals surface area (Å²) in [4.78, 5) is 7.73. The normalized spacial score (nSPS) is 10.6. The highest BCUT2D eigenvalue weighted by Crippen LogP contribution is 2.28. The summed E-state index contributed by atoms with van der Waals surface area (Å²) < 4.78 is 5.64. The number of imidazole rings is 1. The molecule has 0 aliphatic carbocycles. The minimum atomic E-state index is 0.663.